The molecule has 172 valence electrons. The highest BCUT2D eigenvalue weighted by Crippen LogP contribution is 2.28. The minimum atomic E-state index is -3.81. The summed E-state index contributed by atoms with van der Waals surface area (Å²) in [6.45, 7) is -0.316. The number of H-pyrrole nitrogens is 1. The number of benzene rings is 2. The predicted octanol–water partition coefficient (Wildman–Crippen LogP) is 1.41. The molecule has 0 radical (unpaired) electrons. The van der Waals surface area contributed by atoms with Gasteiger partial charge in [0.05, 0.1) is 18.1 Å². The Morgan fingerprint density at radius 2 is 1.94 bits per heavy atom. The van der Waals surface area contributed by atoms with Crippen LogP contribution in [0.3, 0.4) is 0 Å². The Balaban J connectivity index is 1.85. The van der Waals surface area contributed by atoms with Crippen LogP contribution < -0.4 is 10.3 Å². The third-order valence-electron chi connectivity index (χ3n) is 5.09. The van der Waals surface area contributed by atoms with Crippen LogP contribution in [0.15, 0.2) is 58.2 Å². The van der Waals surface area contributed by atoms with E-state index in [0.29, 0.717) is 27.9 Å². The van der Waals surface area contributed by atoms with Gasteiger partial charge in [0.1, 0.15) is 16.9 Å². The number of rotatable bonds is 8. The van der Waals surface area contributed by atoms with Crippen LogP contribution in [0, 0.1) is 0 Å². The molecule has 0 aliphatic heterocycles. The lowest BCUT2D eigenvalue weighted by Crippen LogP contribution is -2.26. The lowest BCUT2D eigenvalue weighted by Gasteiger charge is -2.12. The molecule has 10 nitrogen and oxygen atoms in total. The van der Waals surface area contributed by atoms with E-state index < -0.39 is 10.0 Å². The molecule has 0 unspecified atom stereocenters. The highest BCUT2D eigenvalue weighted by Gasteiger charge is 2.20. The monoisotopic (exact) mass is 469 g/mol. The number of aromatic amines is 1. The average molecular weight is 470 g/mol. The van der Waals surface area contributed by atoms with Crippen molar-refractivity contribution in [1.82, 2.24) is 24.5 Å². The summed E-state index contributed by atoms with van der Waals surface area (Å²) in [5, 5.41) is 13.8. The first-order chi connectivity index (χ1) is 15.9. The Labute approximate surface area is 189 Å². The van der Waals surface area contributed by atoms with Crippen molar-refractivity contribution in [2.75, 3.05) is 20.3 Å². The van der Waals surface area contributed by atoms with E-state index in [0.717, 1.165) is 5.56 Å². The number of hydrogen-bond donors (Lipinski definition) is 3. The maximum absolute atomic E-state index is 13.1. The van der Waals surface area contributed by atoms with Crippen LogP contribution in [0.1, 0.15) is 5.56 Å². The fourth-order valence-electron chi connectivity index (χ4n) is 3.59. The minimum Gasteiger partial charge on any atom is -0.395 e. The Morgan fingerprint density at radius 3 is 2.64 bits per heavy atom. The van der Waals surface area contributed by atoms with Crippen LogP contribution >= 0.6 is 0 Å². The zero-order valence-electron chi connectivity index (χ0n) is 18.1. The zero-order valence-corrected chi connectivity index (χ0v) is 18.9. The molecule has 0 aliphatic carbocycles. The minimum absolute atomic E-state index is 0.0158. The van der Waals surface area contributed by atoms with E-state index >= 15 is 0 Å². The van der Waals surface area contributed by atoms with Gasteiger partial charge in [-0.3, -0.25) is 4.79 Å². The van der Waals surface area contributed by atoms with Crippen molar-refractivity contribution in [1.29, 1.82) is 0 Å². The number of aliphatic hydroxyl groups excluding tert-OH is 1. The second kappa shape index (κ2) is 9.24. The molecule has 0 spiro atoms. The number of nitrogens with zero attached hydrogens (tertiary/aromatic N) is 3. The van der Waals surface area contributed by atoms with Crippen molar-refractivity contribution in [2.45, 2.75) is 11.5 Å². The first-order valence-corrected chi connectivity index (χ1v) is 11.6. The molecule has 0 saturated heterocycles. The van der Waals surface area contributed by atoms with Crippen LogP contribution in [0.5, 0.6) is 0 Å². The van der Waals surface area contributed by atoms with Crippen LogP contribution in [0.25, 0.3) is 33.7 Å². The van der Waals surface area contributed by atoms with Gasteiger partial charge in [-0.15, -0.1) is 0 Å². The van der Waals surface area contributed by atoms with Crippen molar-refractivity contribution in [3.05, 3.63) is 64.4 Å². The molecule has 33 heavy (non-hydrogen) atoms. The number of sulfonamides is 1. The van der Waals surface area contributed by atoms with Crippen molar-refractivity contribution in [3.63, 3.8) is 0 Å². The Morgan fingerprint density at radius 1 is 1.18 bits per heavy atom. The molecule has 3 N–H and O–H groups in total. The fourth-order valence-corrected chi connectivity index (χ4v) is 4.66. The van der Waals surface area contributed by atoms with Crippen LogP contribution in [0.4, 0.5) is 0 Å². The summed E-state index contributed by atoms with van der Waals surface area (Å²) in [7, 11) is -0.612. The second-order valence-electron chi connectivity index (χ2n) is 7.32. The molecular weight excluding hydrogens is 446 g/mol. The summed E-state index contributed by atoms with van der Waals surface area (Å²) < 4.78 is 34.0. The molecule has 4 aromatic rings. The Kier molecular flexibility index (Phi) is 6.38. The second-order valence-corrected chi connectivity index (χ2v) is 9.09. The quantitative estimate of drug-likeness (QED) is 0.354. The van der Waals surface area contributed by atoms with E-state index in [1.165, 1.54) is 19.2 Å². The number of aliphatic hydroxyl groups is 1. The summed E-state index contributed by atoms with van der Waals surface area (Å²) in [6.07, 6.45) is 0. The van der Waals surface area contributed by atoms with Crippen LogP contribution in [-0.2, 0) is 28.4 Å². The molecule has 2 heterocycles. The van der Waals surface area contributed by atoms with E-state index in [4.69, 9.17) is 9.84 Å². The molecule has 0 atom stereocenters. The molecular formula is C22H23N5O5S. The molecule has 0 amide bonds. The normalized spacial score (nSPS) is 11.8. The Bertz CT molecular complexity index is 1460. The highest BCUT2D eigenvalue weighted by atomic mass is 32.2. The van der Waals surface area contributed by atoms with Gasteiger partial charge in [-0.05, 0) is 23.8 Å². The molecule has 0 saturated carbocycles. The van der Waals surface area contributed by atoms with Crippen molar-refractivity contribution in [3.8, 4) is 22.6 Å². The summed E-state index contributed by atoms with van der Waals surface area (Å²) >= 11 is 0. The van der Waals surface area contributed by atoms with E-state index in [2.05, 4.69) is 19.8 Å². The third-order valence-corrected chi connectivity index (χ3v) is 6.55. The largest absolute Gasteiger partial charge is 0.395 e. The molecule has 0 aliphatic rings. The standard InChI is InChI=1S/C22H23N5O5S/c1-27-21-18(19(26-27)14-6-4-3-5-7-14)22(29)25-20(24-21)17-9-8-16(12-15(17)13-32-2)33(30,31)23-10-11-28/h3-9,12,23,28H,10-11,13H2,1-2H3,(H,24,25,29). The van der Waals surface area contributed by atoms with Crippen molar-refractivity contribution < 1.29 is 18.3 Å². The average Bonchev–Trinajstić information content (AvgIpc) is 3.15. The van der Waals surface area contributed by atoms with Crippen molar-refractivity contribution >= 4 is 21.1 Å². The smallest absolute Gasteiger partial charge is 0.262 e. The number of aryl methyl sites for hydroxylation is 1. The SMILES string of the molecule is COCc1cc(S(=O)(=O)NCCO)ccc1-c1nc2c(c(-c3ccccc3)nn2C)c(=O)[nH]1. The molecule has 2 aromatic carbocycles. The maximum Gasteiger partial charge on any atom is 0.262 e. The molecule has 11 heteroatoms. The van der Waals surface area contributed by atoms with Gasteiger partial charge in [0, 0.05) is 31.8 Å². The van der Waals surface area contributed by atoms with E-state index in [-0.39, 0.29) is 36.0 Å². The number of fused-ring (bicyclic) bond motifs is 1. The molecule has 0 fully saturated rings. The number of methoxy groups -OCH3 is 1. The lowest BCUT2D eigenvalue weighted by molar-refractivity contribution is 0.185. The topological polar surface area (TPSA) is 139 Å². The van der Waals surface area contributed by atoms with E-state index in [1.807, 2.05) is 30.3 Å². The molecule has 4 rings (SSSR count). The van der Waals surface area contributed by atoms with Crippen LogP contribution in [-0.4, -0.2) is 53.5 Å². The summed E-state index contributed by atoms with van der Waals surface area (Å²) in [6, 6.07) is 13.8. The first kappa shape index (κ1) is 22.8. The first-order valence-electron chi connectivity index (χ1n) is 10.1. The maximum atomic E-state index is 13.1. The van der Waals surface area contributed by atoms with E-state index in [9.17, 15) is 13.2 Å². The highest BCUT2D eigenvalue weighted by molar-refractivity contribution is 7.89. The van der Waals surface area contributed by atoms with Gasteiger partial charge in [-0.25, -0.2) is 22.8 Å². The molecule has 2 aromatic heterocycles. The summed E-state index contributed by atoms with van der Waals surface area (Å²) in [4.78, 5) is 20.5. The number of ether oxygens (including phenoxy) is 1. The van der Waals surface area contributed by atoms with Crippen LogP contribution in [0.2, 0.25) is 0 Å². The lowest BCUT2D eigenvalue weighted by atomic mass is 10.1. The Hall–Kier alpha value is -3.38. The van der Waals surface area contributed by atoms with Gasteiger partial charge in [-0.2, -0.15) is 5.10 Å². The van der Waals surface area contributed by atoms with E-state index in [1.54, 1.807) is 17.8 Å². The zero-order chi connectivity index (χ0) is 23.6. The van der Waals surface area contributed by atoms with Gasteiger partial charge in [0.2, 0.25) is 10.0 Å². The number of aromatic nitrogens is 4. The fraction of sp³-hybridized carbons (Fsp3) is 0.227. The van der Waals surface area contributed by atoms with Gasteiger partial charge < -0.3 is 14.8 Å². The predicted molar refractivity (Wildman–Crippen MR) is 123 cm³/mol. The molecule has 0 bridgehead atoms. The summed E-state index contributed by atoms with van der Waals surface area (Å²) in [5.41, 5.74) is 2.43. The van der Waals surface area contributed by atoms with Crippen molar-refractivity contribution in [2.24, 2.45) is 7.05 Å². The van der Waals surface area contributed by atoms with Gasteiger partial charge >= 0.3 is 0 Å². The van der Waals surface area contributed by atoms with Gasteiger partial charge in [0.15, 0.2) is 5.65 Å². The summed E-state index contributed by atoms with van der Waals surface area (Å²) in [5.74, 6) is 0.273. The number of hydrogen-bond acceptors (Lipinski definition) is 7. The number of nitrogens with one attached hydrogen (secondary N) is 2. The van der Waals surface area contributed by atoms with Gasteiger partial charge in [0.25, 0.3) is 5.56 Å². The third kappa shape index (κ3) is 4.44. The van der Waals surface area contributed by atoms with Gasteiger partial charge in [-0.1, -0.05) is 30.3 Å².